The van der Waals surface area contributed by atoms with E-state index in [4.69, 9.17) is 40.9 Å². The zero-order valence-electron chi connectivity index (χ0n) is 13.1. The van der Waals surface area contributed by atoms with E-state index in [2.05, 4.69) is 5.32 Å². The van der Waals surface area contributed by atoms with Crippen molar-refractivity contribution in [3.8, 4) is 11.5 Å². The first-order valence-electron chi connectivity index (χ1n) is 7.25. The molecule has 0 saturated heterocycles. The third-order valence-corrected chi connectivity index (χ3v) is 3.44. The van der Waals surface area contributed by atoms with Gasteiger partial charge in [-0.15, -0.1) is 0 Å². The average molecular weight is 366 g/mol. The maximum atomic E-state index is 9.10. The van der Waals surface area contributed by atoms with E-state index in [0.29, 0.717) is 6.79 Å². The number of hydrogen-bond acceptors (Lipinski definition) is 5. The molecule has 0 amide bonds. The molecule has 0 fully saturated rings. The van der Waals surface area contributed by atoms with E-state index >= 15 is 0 Å². The fourth-order valence-electron chi connectivity index (χ4n) is 2.00. The van der Waals surface area contributed by atoms with Crippen LogP contribution in [0.2, 0.25) is 5.02 Å². The summed E-state index contributed by atoms with van der Waals surface area (Å²) >= 11 is 5.85. The highest BCUT2D eigenvalue weighted by Gasteiger charge is 2.12. The average Bonchev–Trinajstić information content (AvgIpc) is 3.05. The Morgan fingerprint density at radius 1 is 0.920 bits per heavy atom. The normalized spacial score (nSPS) is 11.4. The molecule has 1 heterocycles. The highest BCUT2D eigenvalue weighted by atomic mass is 35.5. The maximum Gasteiger partial charge on any atom is 0.414 e. The van der Waals surface area contributed by atoms with Crippen LogP contribution in [0.15, 0.2) is 42.5 Å². The van der Waals surface area contributed by atoms with Gasteiger partial charge in [0, 0.05) is 18.1 Å². The summed E-state index contributed by atoms with van der Waals surface area (Å²) in [4.78, 5) is 18.2. The number of aliphatic carboxylic acids is 2. The van der Waals surface area contributed by atoms with Gasteiger partial charge in [-0.1, -0.05) is 29.8 Å². The summed E-state index contributed by atoms with van der Waals surface area (Å²) in [7, 11) is 0. The van der Waals surface area contributed by atoms with Gasteiger partial charge in [0.1, 0.15) is 0 Å². The molecular formula is C17H16ClNO6. The van der Waals surface area contributed by atoms with Gasteiger partial charge in [-0.25, -0.2) is 9.59 Å². The van der Waals surface area contributed by atoms with Crippen LogP contribution in [0.5, 0.6) is 11.5 Å². The number of hydrogen-bond donors (Lipinski definition) is 3. The molecule has 0 bridgehead atoms. The largest absolute Gasteiger partial charge is 0.473 e. The molecule has 3 N–H and O–H groups in total. The molecule has 0 aromatic heterocycles. The number of ether oxygens (including phenoxy) is 2. The van der Waals surface area contributed by atoms with Crippen molar-refractivity contribution < 1.29 is 29.3 Å². The predicted octanol–water partition coefficient (Wildman–Crippen LogP) is 2.51. The summed E-state index contributed by atoms with van der Waals surface area (Å²) in [6.07, 6.45) is 0. The van der Waals surface area contributed by atoms with Crippen LogP contribution in [-0.2, 0) is 22.7 Å². The number of nitrogens with one attached hydrogen (secondary N) is 1. The van der Waals surface area contributed by atoms with E-state index in [1.807, 2.05) is 42.5 Å². The zero-order chi connectivity index (χ0) is 18.2. The van der Waals surface area contributed by atoms with Gasteiger partial charge >= 0.3 is 11.9 Å². The van der Waals surface area contributed by atoms with Crippen LogP contribution in [0.4, 0.5) is 0 Å². The van der Waals surface area contributed by atoms with Crippen molar-refractivity contribution >= 4 is 23.5 Å². The number of fused-ring (bicyclic) bond motifs is 1. The minimum atomic E-state index is -1.82. The lowest BCUT2D eigenvalue weighted by atomic mass is 10.2. The molecule has 0 radical (unpaired) electrons. The Balaban J connectivity index is 0.000000326. The van der Waals surface area contributed by atoms with E-state index in [-0.39, 0.29) is 0 Å². The topological polar surface area (TPSA) is 105 Å². The number of carboxylic acid groups (broad SMARTS) is 2. The van der Waals surface area contributed by atoms with Crippen LogP contribution in [0, 0.1) is 0 Å². The van der Waals surface area contributed by atoms with Crippen molar-refractivity contribution in [1.29, 1.82) is 0 Å². The molecule has 1 aliphatic heterocycles. The smallest absolute Gasteiger partial charge is 0.414 e. The number of carbonyl (C=O) groups is 2. The second-order valence-electron chi connectivity index (χ2n) is 5.03. The van der Waals surface area contributed by atoms with E-state index in [1.165, 1.54) is 11.1 Å². The Kier molecular flexibility index (Phi) is 6.62. The molecule has 7 nitrogen and oxygen atoms in total. The SMILES string of the molecule is Clc1ccc(CNCc2ccc3c(c2)OCO3)cc1.O=C(O)C(=O)O. The predicted molar refractivity (Wildman–Crippen MR) is 89.8 cm³/mol. The summed E-state index contributed by atoms with van der Waals surface area (Å²) in [5.41, 5.74) is 2.39. The van der Waals surface area contributed by atoms with Gasteiger partial charge in [-0.3, -0.25) is 0 Å². The van der Waals surface area contributed by atoms with Crippen LogP contribution < -0.4 is 14.8 Å². The molecular weight excluding hydrogens is 350 g/mol. The Morgan fingerprint density at radius 3 is 2.12 bits per heavy atom. The summed E-state index contributed by atoms with van der Waals surface area (Å²) in [6.45, 7) is 1.92. The van der Waals surface area contributed by atoms with Crippen molar-refractivity contribution in [2.75, 3.05) is 6.79 Å². The van der Waals surface area contributed by atoms with E-state index < -0.39 is 11.9 Å². The van der Waals surface area contributed by atoms with Crippen molar-refractivity contribution in [1.82, 2.24) is 5.32 Å². The molecule has 1 aliphatic rings. The molecule has 3 rings (SSSR count). The lowest BCUT2D eigenvalue weighted by Gasteiger charge is -2.06. The molecule has 25 heavy (non-hydrogen) atoms. The fourth-order valence-corrected chi connectivity index (χ4v) is 2.13. The van der Waals surface area contributed by atoms with E-state index in [0.717, 1.165) is 29.6 Å². The fraction of sp³-hybridized carbons (Fsp3) is 0.176. The van der Waals surface area contributed by atoms with Crippen LogP contribution in [-0.4, -0.2) is 28.9 Å². The van der Waals surface area contributed by atoms with Crippen molar-refractivity contribution in [3.63, 3.8) is 0 Å². The minimum absolute atomic E-state index is 0.316. The van der Waals surface area contributed by atoms with Crippen LogP contribution >= 0.6 is 11.6 Å². The second kappa shape index (κ2) is 8.91. The molecule has 0 spiro atoms. The highest BCUT2D eigenvalue weighted by molar-refractivity contribution is 6.30. The number of benzene rings is 2. The first-order chi connectivity index (χ1) is 12.0. The minimum Gasteiger partial charge on any atom is -0.473 e. The third-order valence-electron chi connectivity index (χ3n) is 3.19. The van der Waals surface area contributed by atoms with Crippen molar-refractivity contribution in [2.45, 2.75) is 13.1 Å². The molecule has 2 aromatic rings. The Labute approximate surface area is 148 Å². The molecule has 0 atom stereocenters. The summed E-state index contributed by atoms with van der Waals surface area (Å²) < 4.78 is 10.6. The lowest BCUT2D eigenvalue weighted by molar-refractivity contribution is -0.159. The monoisotopic (exact) mass is 365 g/mol. The molecule has 2 aromatic carbocycles. The molecule has 8 heteroatoms. The molecule has 0 aliphatic carbocycles. The third kappa shape index (κ3) is 5.98. The van der Waals surface area contributed by atoms with Gasteiger partial charge in [-0.2, -0.15) is 0 Å². The summed E-state index contributed by atoms with van der Waals surface area (Å²) in [6, 6.07) is 13.9. The number of carboxylic acids is 2. The van der Waals surface area contributed by atoms with Gasteiger partial charge in [0.25, 0.3) is 0 Å². The van der Waals surface area contributed by atoms with Crippen LogP contribution in [0.1, 0.15) is 11.1 Å². The Morgan fingerprint density at radius 2 is 1.48 bits per heavy atom. The van der Waals surface area contributed by atoms with Crippen LogP contribution in [0.3, 0.4) is 0 Å². The molecule has 0 saturated carbocycles. The van der Waals surface area contributed by atoms with Crippen molar-refractivity contribution in [3.05, 3.63) is 58.6 Å². The lowest BCUT2D eigenvalue weighted by Crippen LogP contribution is -2.12. The van der Waals surface area contributed by atoms with Gasteiger partial charge < -0.3 is 25.0 Å². The van der Waals surface area contributed by atoms with Crippen LogP contribution in [0.25, 0.3) is 0 Å². The molecule has 132 valence electrons. The number of rotatable bonds is 4. The summed E-state index contributed by atoms with van der Waals surface area (Å²) in [5, 5.41) is 18.9. The maximum absolute atomic E-state index is 9.10. The van der Waals surface area contributed by atoms with Gasteiger partial charge in [0.05, 0.1) is 0 Å². The first kappa shape index (κ1) is 18.6. The quantitative estimate of drug-likeness (QED) is 0.715. The van der Waals surface area contributed by atoms with Crippen molar-refractivity contribution in [2.24, 2.45) is 0 Å². The highest BCUT2D eigenvalue weighted by Crippen LogP contribution is 2.32. The summed E-state index contributed by atoms with van der Waals surface area (Å²) in [5.74, 6) is -2.00. The van der Waals surface area contributed by atoms with Gasteiger partial charge in [0.15, 0.2) is 11.5 Å². The van der Waals surface area contributed by atoms with Gasteiger partial charge in [-0.05, 0) is 35.4 Å². The molecule has 0 unspecified atom stereocenters. The second-order valence-corrected chi connectivity index (χ2v) is 5.46. The Hall–Kier alpha value is -2.77. The first-order valence-corrected chi connectivity index (χ1v) is 7.63. The zero-order valence-corrected chi connectivity index (χ0v) is 13.8. The Bertz CT molecular complexity index is 735. The standard InChI is InChI=1S/C15H14ClNO2.C2H2O4/c16-13-4-1-11(2-5-13)8-17-9-12-3-6-14-15(7-12)19-10-18-14;3-1(4)2(5)6/h1-7,17H,8-10H2;(H,3,4)(H,5,6). The van der Waals surface area contributed by atoms with E-state index in [9.17, 15) is 0 Å². The van der Waals surface area contributed by atoms with Gasteiger partial charge in [0.2, 0.25) is 6.79 Å². The number of halogens is 1. The van der Waals surface area contributed by atoms with E-state index in [1.54, 1.807) is 0 Å².